The van der Waals surface area contributed by atoms with Crippen molar-refractivity contribution in [3.8, 4) is 0 Å². The third-order valence-electron chi connectivity index (χ3n) is 6.79. The van der Waals surface area contributed by atoms with Crippen LogP contribution in [0.3, 0.4) is 0 Å². The first-order chi connectivity index (χ1) is 13.3. The molecule has 28 heavy (non-hydrogen) atoms. The van der Waals surface area contributed by atoms with Gasteiger partial charge in [-0.25, -0.2) is 0 Å². The molecule has 1 saturated carbocycles. The molecule has 2 N–H and O–H groups in total. The second-order valence-corrected chi connectivity index (χ2v) is 9.94. The minimum Gasteiger partial charge on any atom is -0.392 e. The van der Waals surface area contributed by atoms with E-state index in [0.29, 0.717) is 18.3 Å². The Hall–Kier alpha value is -0.640. The van der Waals surface area contributed by atoms with Crippen LogP contribution in [0.1, 0.15) is 84.5 Å². The number of hydrogen-bond acceptors (Lipinski definition) is 3. The van der Waals surface area contributed by atoms with E-state index in [1.807, 2.05) is 6.92 Å². The monoisotopic (exact) mass is 391 g/mol. The van der Waals surface area contributed by atoms with Crippen molar-refractivity contribution in [3.63, 3.8) is 0 Å². The van der Waals surface area contributed by atoms with Crippen LogP contribution in [0.25, 0.3) is 0 Å². The second kappa shape index (κ2) is 11.5. The highest BCUT2D eigenvalue weighted by molar-refractivity contribution is 5.20. The van der Waals surface area contributed by atoms with Crippen molar-refractivity contribution in [1.29, 1.82) is 0 Å². The number of rotatable bonds is 13. The Morgan fingerprint density at radius 1 is 1.18 bits per heavy atom. The number of fused-ring (bicyclic) bond motifs is 1. The van der Waals surface area contributed by atoms with E-state index < -0.39 is 5.60 Å². The van der Waals surface area contributed by atoms with Crippen LogP contribution >= 0.6 is 0 Å². The molecule has 0 aliphatic heterocycles. The summed E-state index contributed by atoms with van der Waals surface area (Å²) in [6, 6.07) is 0. The first-order valence-corrected chi connectivity index (χ1v) is 11.7. The first-order valence-electron chi connectivity index (χ1n) is 11.7. The molecule has 0 saturated heterocycles. The fourth-order valence-electron chi connectivity index (χ4n) is 5.06. The molecule has 3 heteroatoms. The van der Waals surface area contributed by atoms with Crippen LogP contribution in [-0.4, -0.2) is 47.5 Å². The van der Waals surface area contributed by atoms with Gasteiger partial charge in [0.2, 0.25) is 0 Å². The molecular weight excluding hydrogens is 346 g/mol. The van der Waals surface area contributed by atoms with Gasteiger partial charge in [-0.05, 0) is 84.3 Å². The summed E-state index contributed by atoms with van der Waals surface area (Å²) in [5.41, 5.74) is 1.02. The van der Waals surface area contributed by atoms with Gasteiger partial charge in [-0.3, -0.25) is 0 Å². The van der Waals surface area contributed by atoms with Gasteiger partial charge in [0.15, 0.2) is 0 Å². The molecule has 0 aromatic carbocycles. The van der Waals surface area contributed by atoms with E-state index in [0.717, 1.165) is 25.7 Å². The van der Waals surface area contributed by atoms with E-state index in [1.54, 1.807) is 5.57 Å². The summed E-state index contributed by atoms with van der Waals surface area (Å²) in [7, 11) is 4.29. The van der Waals surface area contributed by atoms with Crippen molar-refractivity contribution >= 4 is 0 Å². The lowest BCUT2D eigenvalue weighted by Crippen LogP contribution is -2.23. The van der Waals surface area contributed by atoms with E-state index in [9.17, 15) is 10.2 Å². The Balaban J connectivity index is 1.73. The van der Waals surface area contributed by atoms with Gasteiger partial charge < -0.3 is 15.1 Å². The quantitative estimate of drug-likeness (QED) is 0.329. The molecule has 0 heterocycles. The Morgan fingerprint density at radius 2 is 1.93 bits per heavy atom. The van der Waals surface area contributed by atoms with Gasteiger partial charge in [0, 0.05) is 5.92 Å². The molecule has 0 amide bonds. The lowest BCUT2D eigenvalue weighted by atomic mass is 9.87. The molecule has 2 aliphatic rings. The van der Waals surface area contributed by atoms with E-state index in [1.165, 1.54) is 45.1 Å². The highest BCUT2D eigenvalue weighted by Crippen LogP contribution is 2.48. The zero-order valence-electron chi connectivity index (χ0n) is 18.9. The molecule has 0 radical (unpaired) electrons. The fourth-order valence-corrected chi connectivity index (χ4v) is 5.06. The molecule has 2 rings (SSSR count). The summed E-state index contributed by atoms with van der Waals surface area (Å²) in [4.78, 5) is 2.27. The third-order valence-corrected chi connectivity index (χ3v) is 6.79. The predicted molar refractivity (Wildman–Crippen MR) is 119 cm³/mol. The molecule has 0 aromatic rings. The summed E-state index contributed by atoms with van der Waals surface area (Å²) in [5, 5.41) is 21.0. The maximum Gasteiger partial charge on any atom is 0.0654 e. The number of aliphatic hydroxyl groups excluding tert-OH is 1. The normalized spacial score (nSPS) is 29.5. The maximum atomic E-state index is 10.5. The average molecular weight is 392 g/mol. The van der Waals surface area contributed by atoms with Crippen molar-refractivity contribution in [1.82, 2.24) is 4.90 Å². The van der Waals surface area contributed by atoms with Gasteiger partial charge in [0.25, 0.3) is 0 Å². The number of unbranched alkanes of at least 4 members (excludes halogenated alkanes) is 4. The lowest BCUT2D eigenvalue weighted by Gasteiger charge is -2.22. The number of aliphatic hydroxyl groups is 2. The van der Waals surface area contributed by atoms with Gasteiger partial charge in [0.05, 0.1) is 11.7 Å². The summed E-state index contributed by atoms with van der Waals surface area (Å²) in [6.45, 7) is 5.30. The zero-order chi connectivity index (χ0) is 20.6. The molecule has 0 aromatic heterocycles. The number of nitrogens with zero attached hydrogens (tertiary/aromatic N) is 1. The lowest BCUT2D eigenvalue weighted by molar-refractivity contribution is 0.0513. The van der Waals surface area contributed by atoms with Gasteiger partial charge in [-0.2, -0.15) is 0 Å². The molecule has 5 atom stereocenters. The summed E-state index contributed by atoms with van der Waals surface area (Å²) in [5.74, 6) is 1.41. The minimum absolute atomic E-state index is 0.212. The molecule has 162 valence electrons. The maximum absolute atomic E-state index is 10.5. The first kappa shape index (κ1) is 23.6. The topological polar surface area (TPSA) is 43.7 Å². The number of allylic oxidation sites excluding steroid dienone is 2. The summed E-state index contributed by atoms with van der Waals surface area (Å²) < 4.78 is 0. The fraction of sp³-hybridized carbons (Fsp3) is 0.840. The average Bonchev–Trinajstić information content (AvgIpc) is 3.13. The van der Waals surface area contributed by atoms with Gasteiger partial charge in [-0.1, -0.05) is 56.4 Å². The largest absolute Gasteiger partial charge is 0.392 e. The standard InChI is InChI=1S/C25H45NO2/c1-5-6-14-25(2,28)15-11-13-22-23-18-20(17-21(23)19-24(22)27)12-9-7-8-10-16-26(3)4/h11,13,17,21-24,27-28H,5-10,12,14-16,18-19H2,1-4H3/t21-,22+,23-,24+,25-/m0/s1. The molecule has 0 unspecified atom stereocenters. The van der Waals surface area contributed by atoms with Crippen LogP contribution in [0.2, 0.25) is 0 Å². The molecule has 2 aliphatic carbocycles. The summed E-state index contributed by atoms with van der Waals surface area (Å²) >= 11 is 0. The van der Waals surface area contributed by atoms with Gasteiger partial charge in [0.1, 0.15) is 0 Å². The van der Waals surface area contributed by atoms with E-state index >= 15 is 0 Å². The Morgan fingerprint density at radius 3 is 2.64 bits per heavy atom. The SMILES string of the molecule is CCCC[C@](C)(O)CC=C[C@@H]1[C@H]2CC(CCCCCCN(C)C)=C[C@H]2C[C@H]1O. The van der Waals surface area contributed by atoms with Crippen LogP contribution in [-0.2, 0) is 0 Å². The molecule has 0 bridgehead atoms. The molecule has 0 spiro atoms. The second-order valence-electron chi connectivity index (χ2n) is 9.94. The zero-order valence-corrected chi connectivity index (χ0v) is 18.9. The van der Waals surface area contributed by atoms with Crippen molar-refractivity contribution in [2.45, 2.75) is 96.2 Å². The van der Waals surface area contributed by atoms with Crippen LogP contribution < -0.4 is 0 Å². The van der Waals surface area contributed by atoms with Gasteiger partial charge in [-0.15, -0.1) is 0 Å². The Labute approximate surface area is 173 Å². The minimum atomic E-state index is -0.610. The summed E-state index contributed by atoms with van der Waals surface area (Å²) in [6.07, 6.45) is 19.0. The van der Waals surface area contributed by atoms with E-state index in [-0.39, 0.29) is 12.0 Å². The smallest absolute Gasteiger partial charge is 0.0654 e. The Bertz CT molecular complexity index is 509. The van der Waals surface area contributed by atoms with Crippen molar-refractivity contribution in [3.05, 3.63) is 23.8 Å². The van der Waals surface area contributed by atoms with Crippen molar-refractivity contribution in [2.75, 3.05) is 20.6 Å². The van der Waals surface area contributed by atoms with Crippen LogP contribution in [0.5, 0.6) is 0 Å². The highest BCUT2D eigenvalue weighted by atomic mass is 16.3. The predicted octanol–water partition coefficient (Wildman–Crippen LogP) is 5.33. The highest BCUT2D eigenvalue weighted by Gasteiger charge is 2.43. The van der Waals surface area contributed by atoms with Crippen LogP contribution in [0.15, 0.2) is 23.8 Å². The molecule has 3 nitrogen and oxygen atoms in total. The number of hydrogen-bond donors (Lipinski definition) is 2. The van der Waals surface area contributed by atoms with Crippen molar-refractivity contribution < 1.29 is 10.2 Å². The van der Waals surface area contributed by atoms with Gasteiger partial charge >= 0.3 is 0 Å². The van der Waals surface area contributed by atoms with Crippen molar-refractivity contribution in [2.24, 2.45) is 17.8 Å². The molecule has 1 fully saturated rings. The van der Waals surface area contributed by atoms with E-state index in [2.05, 4.69) is 44.1 Å². The van der Waals surface area contributed by atoms with Crippen LogP contribution in [0.4, 0.5) is 0 Å². The van der Waals surface area contributed by atoms with E-state index in [4.69, 9.17) is 0 Å². The van der Waals surface area contributed by atoms with Crippen LogP contribution in [0, 0.1) is 17.8 Å². The Kier molecular flexibility index (Phi) is 9.73. The third kappa shape index (κ3) is 7.65. The molecular formula is C25H45NO2.